The van der Waals surface area contributed by atoms with Crippen LogP contribution in [0, 0.1) is 0 Å². The minimum atomic E-state index is 0.683. The Morgan fingerprint density at radius 2 is 0.575 bits per heavy atom. The summed E-state index contributed by atoms with van der Waals surface area (Å²) in [6, 6.07) is 99.0. The van der Waals surface area contributed by atoms with Crippen molar-refractivity contribution in [1.82, 2.24) is 19.5 Å². The SMILES string of the molecule is c1ccc(-c2ccc3c(c2)c2cc(-c4ccccc4)ccc2n3-c2nc(-c3ccccc3)c(-c3ccccc3)c(-c3ccc(-c4cc(-c5ccccc5)nc(-c5ccccc5)n4)cc3)c2-c2ccccc2)cc1. The maximum absolute atomic E-state index is 5.97. The molecule has 3 heterocycles. The van der Waals surface area contributed by atoms with Crippen molar-refractivity contribution in [1.29, 1.82) is 0 Å². The van der Waals surface area contributed by atoms with Crippen LogP contribution < -0.4 is 0 Å². The summed E-state index contributed by atoms with van der Waals surface area (Å²) in [7, 11) is 0. The van der Waals surface area contributed by atoms with Crippen molar-refractivity contribution in [3.8, 4) is 107 Å². The first-order valence-electron chi connectivity index (χ1n) is 24.8. The van der Waals surface area contributed by atoms with Crippen molar-refractivity contribution in [3.63, 3.8) is 0 Å². The molecule has 0 atom stereocenters. The zero-order chi connectivity index (χ0) is 48.5. The summed E-state index contributed by atoms with van der Waals surface area (Å²) in [6.07, 6.45) is 0. The number of hydrogen-bond donors (Lipinski definition) is 0. The molecule has 73 heavy (non-hydrogen) atoms. The van der Waals surface area contributed by atoms with E-state index in [0.29, 0.717) is 5.82 Å². The van der Waals surface area contributed by atoms with Gasteiger partial charge in [-0.2, -0.15) is 0 Å². The molecule has 0 fully saturated rings. The van der Waals surface area contributed by atoms with Crippen LogP contribution in [0.25, 0.3) is 128 Å². The van der Waals surface area contributed by atoms with Crippen LogP contribution in [-0.4, -0.2) is 19.5 Å². The van der Waals surface area contributed by atoms with Gasteiger partial charge in [-0.3, -0.25) is 4.57 Å². The number of fused-ring (bicyclic) bond motifs is 3. The Hall–Kier alpha value is -9.77. The summed E-state index contributed by atoms with van der Waals surface area (Å²) in [5.41, 5.74) is 19.8. The summed E-state index contributed by atoms with van der Waals surface area (Å²) < 4.78 is 2.41. The van der Waals surface area contributed by atoms with Crippen LogP contribution >= 0.6 is 0 Å². The zero-order valence-electron chi connectivity index (χ0n) is 39.8. The third-order valence-electron chi connectivity index (χ3n) is 13.8. The van der Waals surface area contributed by atoms with Crippen LogP contribution in [0.1, 0.15) is 0 Å². The molecule has 4 heteroatoms. The van der Waals surface area contributed by atoms with Crippen LogP contribution in [0.4, 0.5) is 0 Å². The second-order valence-electron chi connectivity index (χ2n) is 18.3. The minimum absolute atomic E-state index is 0.683. The summed E-state index contributed by atoms with van der Waals surface area (Å²) in [5, 5.41) is 2.31. The molecule has 0 aliphatic rings. The topological polar surface area (TPSA) is 43.6 Å². The lowest BCUT2D eigenvalue weighted by Crippen LogP contribution is -2.07. The molecule has 3 aromatic heterocycles. The highest BCUT2D eigenvalue weighted by molar-refractivity contribution is 6.13. The van der Waals surface area contributed by atoms with Gasteiger partial charge in [-0.05, 0) is 69.3 Å². The third kappa shape index (κ3) is 8.17. The van der Waals surface area contributed by atoms with Gasteiger partial charge in [-0.25, -0.2) is 15.0 Å². The molecule has 4 nitrogen and oxygen atoms in total. The lowest BCUT2D eigenvalue weighted by atomic mass is 9.85. The monoisotopic (exact) mass is 930 g/mol. The average molecular weight is 931 g/mol. The maximum Gasteiger partial charge on any atom is 0.160 e. The third-order valence-corrected chi connectivity index (χ3v) is 13.8. The van der Waals surface area contributed by atoms with Gasteiger partial charge in [0.15, 0.2) is 5.82 Å². The second-order valence-corrected chi connectivity index (χ2v) is 18.3. The largest absolute Gasteiger partial charge is 0.293 e. The Labute approximate surface area is 424 Å². The molecule has 13 aromatic rings. The minimum Gasteiger partial charge on any atom is -0.293 e. The Balaban J connectivity index is 1.11. The van der Waals surface area contributed by atoms with Crippen molar-refractivity contribution in [3.05, 3.63) is 279 Å². The molecule has 0 aliphatic carbocycles. The molecule has 342 valence electrons. The van der Waals surface area contributed by atoms with Crippen LogP contribution in [0.15, 0.2) is 279 Å². The Morgan fingerprint density at radius 1 is 0.233 bits per heavy atom. The molecule has 0 saturated heterocycles. The Kier molecular flexibility index (Phi) is 11.2. The zero-order valence-corrected chi connectivity index (χ0v) is 39.8. The van der Waals surface area contributed by atoms with E-state index < -0.39 is 0 Å². The fraction of sp³-hybridized carbons (Fsp3) is 0. The summed E-state index contributed by atoms with van der Waals surface area (Å²) >= 11 is 0. The normalized spacial score (nSPS) is 11.3. The van der Waals surface area contributed by atoms with E-state index in [0.717, 1.165) is 111 Å². The number of hydrogen-bond acceptors (Lipinski definition) is 3. The molecule has 13 rings (SSSR count). The predicted octanol–water partition coefficient (Wildman–Crippen LogP) is 18.0. The number of aromatic nitrogens is 4. The highest BCUT2D eigenvalue weighted by Gasteiger charge is 2.28. The van der Waals surface area contributed by atoms with Crippen molar-refractivity contribution in [2.24, 2.45) is 0 Å². The fourth-order valence-corrected chi connectivity index (χ4v) is 10.3. The number of pyridine rings is 1. The molecule has 0 N–H and O–H groups in total. The Morgan fingerprint density at radius 3 is 1.04 bits per heavy atom. The van der Waals surface area contributed by atoms with Crippen molar-refractivity contribution < 1.29 is 0 Å². The highest BCUT2D eigenvalue weighted by Crippen LogP contribution is 2.49. The predicted molar refractivity (Wildman–Crippen MR) is 303 cm³/mol. The van der Waals surface area contributed by atoms with Crippen LogP contribution in [0.2, 0.25) is 0 Å². The fourth-order valence-electron chi connectivity index (χ4n) is 10.3. The molecular weight excluding hydrogens is 885 g/mol. The van der Waals surface area contributed by atoms with E-state index in [2.05, 4.69) is 259 Å². The molecule has 0 radical (unpaired) electrons. The van der Waals surface area contributed by atoms with E-state index in [1.165, 1.54) is 11.1 Å². The van der Waals surface area contributed by atoms with Gasteiger partial charge in [-0.15, -0.1) is 0 Å². The van der Waals surface area contributed by atoms with Gasteiger partial charge >= 0.3 is 0 Å². The van der Waals surface area contributed by atoms with Crippen LogP contribution in [0.3, 0.4) is 0 Å². The van der Waals surface area contributed by atoms with Crippen LogP contribution in [-0.2, 0) is 0 Å². The summed E-state index contributed by atoms with van der Waals surface area (Å²) in [6.45, 7) is 0. The van der Waals surface area contributed by atoms with Crippen molar-refractivity contribution >= 4 is 21.8 Å². The first-order valence-corrected chi connectivity index (χ1v) is 24.8. The van der Waals surface area contributed by atoms with E-state index in [1.54, 1.807) is 0 Å². The second kappa shape index (κ2) is 18.9. The van der Waals surface area contributed by atoms with Crippen molar-refractivity contribution in [2.45, 2.75) is 0 Å². The highest BCUT2D eigenvalue weighted by atomic mass is 15.1. The van der Waals surface area contributed by atoms with Gasteiger partial charge in [0.2, 0.25) is 0 Å². The number of benzene rings is 10. The lowest BCUT2D eigenvalue weighted by molar-refractivity contribution is 1.09. The molecule has 10 aromatic carbocycles. The molecule has 0 amide bonds. The summed E-state index contributed by atoms with van der Waals surface area (Å²) in [4.78, 5) is 16.3. The van der Waals surface area contributed by atoms with Gasteiger partial charge in [0.1, 0.15) is 5.82 Å². The van der Waals surface area contributed by atoms with E-state index in [1.807, 2.05) is 24.3 Å². The average Bonchev–Trinajstić information content (AvgIpc) is 3.81. The smallest absolute Gasteiger partial charge is 0.160 e. The lowest BCUT2D eigenvalue weighted by Gasteiger charge is -2.24. The van der Waals surface area contributed by atoms with E-state index in [9.17, 15) is 0 Å². The molecule has 0 bridgehead atoms. The number of nitrogens with zero attached hydrogens (tertiary/aromatic N) is 4. The summed E-state index contributed by atoms with van der Waals surface area (Å²) in [5.74, 6) is 1.53. The van der Waals surface area contributed by atoms with Gasteiger partial charge in [-0.1, -0.05) is 249 Å². The first-order chi connectivity index (χ1) is 36.2. The van der Waals surface area contributed by atoms with E-state index in [-0.39, 0.29) is 0 Å². The van der Waals surface area contributed by atoms with Crippen molar-refractivity contribution in [2.75, 3.05) is 0 Å². The molecule has 0 saturated carbocycles. The molecular formula is C69H46N4. The van der Waals surface area contributed by atoms with E-state index >= 15 is 0 Å². The maximum atomic E-state index is 5.97. The van der Waals surface area contributed by atoms with Gasteiger partial charge in [0, 0.05) is 49.7 Å². The molecule has 0 spiro atoms. The van der Waals surface area contributed by atoms with Gasteiger partial charge in [0.05, 0.1) is 28.1 Å². The van der Waals surface area contributed by atoms with E-state index in [4.69, 9.17) is 15.0 Å². The Bertz CT molecular complexity index is 3910. The first kappa shape index (κ1) is 43.3. The quantitative estimate of drug-likeness (QED) is 0.137. The number of rotatable bonds is 10. The standard InChI is InChI=1S/C69H46N4/c1-8-22-47(23-9-1)56-40-42-62-58(44-56)59-45-57(48-24-10-2-11-25-48)41-43-63(59)73(62)69-66(52-30-16-5-17-31-52)64(65(51-28-14-4-15-29-51)67(72-69)54-32-18-6-19-33-54)53-38-36-50(37-39-53)61-46-60(49-26-12-3-13-27-49)70-68(71-61)55-34-20-7-21-35-55/h1-46H. The van der Waals surface area contributed by atoms with Crippen LogP contribution in [0.5, 0.6) is 0 Å². The molecule has 0 aliphatic heterocycles. The van der Waals surface area contributed by atoms with Gasteiger partial charge in [0.25, 0.3) is 0 Å². The van der Waals surface area contributed by atoms with Gasteiger partial charge < -0.3 is 0 Å². The molecule has 0 unspecified atom stereocenters.